The van der Waals surface area contributed by atoms with Gasteiger partial charge in [-0.25, -0.2) is 0 Å². The molecular formula is C37H67NO6Si2Sn. The van der Waals surface area contributed by atoms with Crippen molar-refractivity contribution in [2.75, 3.05) is 20.8 Å². The molecule has 1 aromatic rings. The van der Waals surface area contributed by atoms with Crippen molar-refractivity contribution in [3.05, 3.63) is 36.0 Å². The van der Waals surface area contributed by atoms with Crippen molar-refractivity contribution < 1.29 is 28.2 Å². The van der Waals surface area contributed by atoms with Crippen molar-refractivity contribution >= 4 is 38.5 Å². The van der Waals surface area contributed by atoms with Gasteiger partial charge < -0.3 is 4.74 Å². The average molecular weight is 797 g/mol. The van der Waals surface area contributed by atoms with E-state index in [-0.39, 0.29) is 30.8 Å². The van der Waals surface area contributed by atoms with E-state index in [0.717, 1.165) is 9.28 Å². The van der Waals surface area contributed by atoms with Crippen LogP contribution >= 0.6 is 0 Å². The summed E-state index contributed by atoms with van der Waals surface area (Å²) < 4.78 is 33.5. The molecule has 5 atom stereocenters. The molecule has 0 saturated carbocycles. The van der Waals surface area contributed by atoms with Crippen LogP contribution in [0.25, 0.3) is 0 Å². The van der Waals surface area contributed by atoms with Crippen molar-refractivity contribution in [3.63, 3.8) is 0 Å². The number of oxazole rings is 1. The van der Waals surface area contributed by atoms with E-state index in [1.807, 2.05) is 6.26 Å². The quantitative estimate of drug-likeness (QED) is 0.103. The number of hydrogen-bond donors (Lipinski definition) is 1. The van der Waals surface area contributed by atoms with Crippen LogP contribution < -0.4 is 3.71 Å². The molecule has 0 aliphatic carbocycles. The van der Waals surface area contributed by atoms with Gasteiger partial charge >= 0.3 is 232 Å². The van der Waals surface area contributed by atoms with Crippen molar-refractivity contribution in [3.8, 4) is 11.5 Å². The number of nitrogens with zero attached hydrogens (tertiary/aromatic N) is 1. The van der Waals surface area contributed by atoms with Crippen LogP contribution in [0.1, 0.15) is 73.6 Å². The van der Waals surface area contributed by atoms with Gasteiger partial charge in [0.2, 0.25) is 0 Å². The zero-order valence-corrected chi connectivity index (χ0v) is 37.2. The molecule has 0 amide bonds. The van der Waals surface area contributed by atoms with Crippen LogP contribution in [0.2, 0.25) is 51.1 Å². The van der Waals surface area contributed by atoms with Crippen LogP contribution in [0.15, 0.2) is 34.5 Å². The Labute approximate surface area is 293 Å². The first-order valence-corrected chi connectivity index (χ1v) is 33.2. The topological polar surface area (TPSA) is 83.2 Å². The van der Waals surface area contributed by atoms with Crippen molar-refractivity contribution in [2.24, 2.45) is 5.92 Å². The second kappa shape index (κ2) is 18.0. The molecule has 0 unspecified atom stereocenters. The van der Waals surface area contributed by atoms with Crippen LogP contribution in [0, 0.1) is 17.4 Å². The molecule has 10 heteroatoms. The Morgan fingerprint density at radius 2 is 1.72 bits per heavy atom. The predicted octanol–water partition coefficient (Wildman–Crippen LogP) is 8.24. The number of rotatable bonds is 16. The smallest absolute Gasteiger partial charge is 0.129 e. The number of hydrogen-bond acceptors (Lipinski definition) is 7. The van der Waals surface area contributed by atoms with Gasteiger partial charge in [0, 0.05) is 13.5 Å². The molecular weight excluding hydrogens is 729 g/mol. The van der Waals surface area contributed by atoms with E-state index in [0.29, 0.717) is 48.2 Å². The van der Waals surface area contributed by atoms with Gasteiger partial charge in [-0.2, -0.15) is 0 Å². The Hall–Kier alpha value is -0.718. The Morgan fingerprint density at radius 3 is 2.19 bits per heavy atom. The third-order valence-corrected chi connectivity index (χ3v) is 21.4. The fourth-order valence-corrected chi connectivity index (χ4v) is 15.6. The predicted molar refractivity (Wildman–Crippen MR) is 203 cm³/mol. The van der Waals surface area contributed by atoms with E-state index in [1.54, 1.807) is 14.2 Å². The van der Waals surface area contributed by atoms with Gasteiger partial charge in [-0.15, -0.1) is 11.5 Å². The monoisotopic (exact) mass is 797 g/mol. The molecule has 1 saturated heterocycles. The van der Waals surface area contributed by atoms with E-state index < -0.39 is 40.6 Å². The number of aliphatic hydroxyl groups excluding tert-OH is 1. The molecule has 0 bridgehead atoms. The second-order valence-electron chi connectivity index (χ2n) is 16.5. The molecule has 7 nitrogen and oxygen atoms in total. The van der Waals surface area contributed by atoms with Crippen LogP contribution in [-0.4, -0.2) is 89.8 Å². The van der Waals surface area contributed by atoms with Gasteiger partial charge in [-0.05, 0) is 0 Å². The van der Waals surface area contributed by atoms with Crippen molar-refractivity contribution in [2.45, 2.75) is 149 Å². The molecule has 47 heavy (non-hydrogen) atoms. The summed E-state index contributed by atoms with van der Waals surface area (Å²) in [4.78, 5) is 11.9. The molecule has 0 aromatic carbocycles. The number of aromatic nitrogens is 1. The summed E-state index contributed by atoms with van der Waals surface area (Å²) in [5.41, 5.74) is 5.71. The first kappa shape index (κ1) is 42.4. The average Bonchev–Trinajstić information content (AvgIpc) is 3.44. The molecule has 1 aliphatic rings. The van der Waals surface area contributed by atoms with Crippen LogP contribution in [0.4, 0.5) is 0 Å². The Morgan fingerprint density at radius 1 is 1.11 bits per heavy atom. The molecule has 1 fully saturated rings. The summed E-state index contributed by atoms with van der Waals surface area (Å²) in [6, 6.07) is 0. The van der Waals surface area contributed by atoms with Gasteiger partial charge in [-0.1, -0.05) is 19.6 Å². The van der Waals surface area contributed by atoms with E-state index in [9.17, 15) is 5.11 Å². The fraction of sp³-hybridized carbons (Fsp3) is 0.757. The number of ether oxygens (including phenoxy) is 3. The molecule has 0 radical (unpaired) electrons. The minimum absolute atomic E-state index is 0.0173. The van der Waals surface area contributed by atoms with Gasteiger partial charge in [0.15, 0.2) is 0 Å². The molecule has 268 valence electrons. The van der Waals surface area contributed by atoms with E-state index in [2.05, 4.69) is 113 Å². The molecule has 1 aliphatic heterocycles. The van der Waals surface area contributed by atoms with Crippen LogP contribution in [0.5, 0.6) is 0 Å². The summed E-state index contributed by atoms with van der Waals surface area (Å²) >= 11 is -2.42. The third kappa shape index (κ3) is 12.2. The fourth-order valence-electron chi connectivity index (χ4n) is 6.93. The summed E-state index contributed by atoms with van der Waals surface area (Å²) in [6.45, 7) is 22.8. The minimum Gasteiger partial charge on any atom is -0.132 e. The second-order valence-corrected chi connectivity index (χ2v) is 41.0. The van der Waals surface area contributed by atoms with Crippen molar-refractivity contribution in [1.82, 2.24) is 4.98 Å². The normalized spacial score (nSPS) is 23.1. The summed E-state index contributed by atoms with van der Waals surface area (Å²) in [5, 5.41) is 10.5. The van der Waals surface area contributed by atoms with Gasteiger partial charge in [0.1, 0.15) is 8.07 Å². The molecule has 2 heterocycles. The largest absolute Gasteiger partial charge is 0.132 e. The van der Waals surface area contributed by atoms with E-state index >= 15 is 0 Å². The zero-order chi connectivity index (χ0) is 35.8. The number of methoxy groups -OCH3 is 2. The summed E-state index contributed by atoms with van der Waals surface area (Å²) in [7, 11) is -0.342. The summed E-state index contributed by atoms with van der Waals surface area (Å²) in [5.74, 6) is 2.96. The van der Waals surface area contributed by atoms with Gasteiger partial charge in [0.25, 0.3) is 0 Å². The maximum atomic E-state index is 10.5. The summed E-state index contributed by atoms with van der Waals surface area (Å²) in [6.07, 6.45) is 9.76. The molecule has 0 spiro atoms. The first-order chi connectivity index (χ1) is 21.7. The zero-order valence-electron chi connectivity index (χ0n) is 32.3. The number of allylic oxidation sites excluding steroid dienone is 2. The minimum atomic E-state index is -2.42. The maximum Gasteiger partial charge on any atom is 0.129 e. The van der Waals surface area contributed by atoms with E-state index in [1.165, 1.54) is 0 Å². The standard InChI is InChI=1S/C34H58NO6Si2.3CH3.Sn/c1-25(2)43(26(3)4,27(5)6)41-32(20-28(7)15-16-30(37-8)14-13-19-42(10,11)12)31-21-29(24-36)22-34(38-9,40-31)23-33-35-17-18-39-33;;;;/h15-16,18,20,25-27,29-32,36H,14,21-24H2,1-12H3;3*1H3;/b16-15+,28-20+;;;;/t29-,30-,31-,32+,34+;;;;/m1..../s1. The van der Waals surface area contributed by atoms with Crippen molar-refractivity contribution in [1.29, 1.82) is 0 Å². The Balaban J connectivity index is 2.57. The Kier molecular flexibility index (Phi) is 16.2. The third-order valence-electron chi connectivity index (χ3n) is 9.39. The Bertz CT molecular complexity index is 1210. The van der Waals surface area contributed by atoms with Gasteiger partial charge in [-0.3, -0.25) is 0 Å². The van der Waals surface area contributed by atoms with Crippen LogP contribution in [-0.2, 0) is 25.1 Å². The first-order valence-electron chi connectivity index (χ1n) is 17.6. The van der Waals surface area contributed by atoms with Gasteiger partial charge in [0.05, 0.1) is 6.10 Å². The molecule has 2 rings (SSSR count). The maximum absolute atomic E-state index is 10.5. The SMILES string of the molecule is CO[C@@H](/C=C/C(C)=C/[C@H](O[Si](C(C)C)(C(C)C)C(C)C)[C@H]1C[C@@H](CO)C[C@](Cc2n[c]([Sn]([CH3])([CH3])[CH3])co2)(OC)O1)CC#C[Si](C)(C)C. The molecule has 1 N–H and O–H groups in total. The van der Waals surface area contributed by atoms with E-state index in [4.69, 9.17) is 28.0 Å². The van der Waals surface area contributed by atoms with Crippen LogP contribution in [0.3, 0.4) is 0 Å². The molecule has 1 aromatic heterocycles. The number of aliphatic hydroxyl groups is 1.